The van der Waals surface area contributed by atoms with Gasteiger partial charge in [0, 0.05) is 41.9 Å². The molecule has 13 heteroatoms. The molecule has 4 aromatic rings. The molecule has 0 spiro atoms. The van der Waals surface area contributed by atoms with Crippen LogP contribution in [0.5, 0.6) is 0 Å². The zero-order chi connectivity index (χ0) is 34.9. The van der Waals surface area contributed by atoms with E-state index in [1.165, 1.54) is 10.4 Å². The monoisotopic (exact) mass is 750 g/mol. The fraction of sp³-hybridized carbons (Fsp3) is 0.353. The molecule has 0 aromatic carbocycles. The standard InChI is InChI=1S/2C16H21ClN2Si.2CHNO.Fe/c2*1-12(2)20(17,13(3)4)14-8-9-16(19-11-14)15-7-5-6-10-18-15;2*2-1-3;/h2*5-13H,1-4H3;2*3H;. The van der Waals surface area contributed by atoms with Crippen LogP contribution >= 0.6 is 22.2 Å². The quantitative estimate of drug-likeness (QED) is 0.104. The molecule has 2 N–H and O–H groups in total. The van der Waals surface area contributed by atoms with Gasteiger partial charge in [0.15, 0.2) is 14.8 Å². The van der Waals surface area contributed by atoms with Gasteiger partial charge in [0.1, 0.15) is 0 Å². The second kappa shape index (κ2) is 21.6. The Morgan fingerprint density at radius 2 is 0.809 bits per heavy atom. The Morgan fingerprint density at radius 3 is 1.00 bits per heavy atom. The van der Waals surface area contributed by atoms with E-state index in [0.717, 1.165) is 35.3 Å². The van der Waals surface area contributed by atoms with Crippen molar-refractivity contribution >= 4 is 47.3 Å². The molecule has 0 aliphatic rings. The number of aliphatic hydroxyl groups excluding tert-OH is 2. The molecule has 47 heavy (non-hydrogen) atoms. The maximum absolute atomic E-state index is 7.02. The molecule has 0 unspecified atom stereocenters. The molecular formula is C34H44Cl2FeN6O2Si2. The zero-order valence-corrected chi connectivity index (χ0v) is 32.7. The van der Waals surface area contributed by atoms with E-state index >= 15 is 0 Å². The fourth-order valence-corrected chi connectivity index (χ4v) is 12.4. The summed E-state index contributed by atoms with van der Waals surface area (Å²) < 4.78 is 0. The number of pyridine rings is 4. The largest absolute Gasteiger partial charge is 0.443 e. The van der Waals surface area contributed by atoms with Crippen LogP contribution in [0.3, 0.4) is 0 Å². The second-order valence-corrected chi connectivity index (χ2v) is 24.2. The van der Waals surface area contributed by atoms with Gasteiger partial charge in [-0.1, -0.05) is 79.7 Å². The first-order valence-electron chi connectivity index (χ1n) is 14.9. The van der Waals surface area contributed by atoms with E-state index in [1.807, 2.05) is 60.9 Å². The van der Waals surface area contributed by atoms with Gasteiger partial charge in [0.2, 0.25) is 0 Å². The predicted molar refractivity (Wildman–Crippen MR) is 193 cm³/mol. The van der Waals surface area contributed by atoms with Gasteiger partial charge >= 0.3 is 0 Å². The molecule has 0 amide bonds. The third-order valence-corrected chi connectivity index (χ3v) is 23.3. The van der Waals surface area contributed by atoms with Gasteiger partial charge in [-0.3, -0.25) is 19.9 Å². The van der Waals surface area contributed by atoms with E-state index < -0.39 is 14.8 Å². The molecule has 4 aromatic heterocycles. The van der Waals surface area contributed by atoms with Gasteiger partial charge in [-0.15, -0.1) is 0 Å². The molecule has 0 radical (unpaired) electrons. The average molecular weight is 752 g/mol. The van der Waals surface area contributed by atoms with Crippen molar-refractivity contribution in [3.05, 3.63) is 85.5 Å². The van der Waals surface area contributed by atoms with Crippen LogP contribution in [0.4, 0.5) is 0 Å². The summed E-state index contributed by atoms with van der Waals surface area (Å²) in [5.41, 5.74) is 5.51. The van der Waals surface area contributed by atoms with Crippen molar-refractivity contribution in [3.8, 4) is 35.3 Å². The minimum absolute atomic E-state index is 0. The predicted octanol–water partition coefficient (Wildman–Crippen LogP) is 8.39. The number of nitriles is 2. The molecule has 0 saturated heterocycles. The molecule has 0 fully saturated rings. The van der Waals surface area contributed by atoms with E-state index in [-0.39, 0.29) is 17.1 Å². The summed E-state index contributed by atoms with van der Waals surface area (Å²) in [4.78, 5) is 17.8. The van der Waals surface area contributed by atoms with Crippen LogP contribution in [-0.4, -0.2) is 44.9 Å². The second-order valence-electron chi connectivity index (χ2n) is 11.6. The molecule has 0 atom stereocenters. The molecule has 4 heterocycles. The molecule has 0 bridgehead atoms. The van der Waals surface area contributed by atoms with Crippen LogP contribution < -0.4 is 10.4 Å². The maximum atomic E-state index is 7.02. The smallest absolute Gasteiger partial charge is 0.283 e. The van der Waals surface area contributed by atoms with Crippen molar-refractivity contribution in [3.63, 3.8) is 0 Å². The number of nitrogens with zero attached hydrogens (tertiary/aromatic N) is 6. The van der Waals surface area contributed by atoms with E-state index in [1.54, 1.807) is 12.4 Å². The summed E-state index contributed by atoms with van der Waals surface area (Å²) in [5, 5.41) is 29.9. The summed E-state index contributed by atoms with van der Waals surface area (Å²) in [5.74, 6) is 0. The molecule has 4 rings (SSSR count). The van der Waals surface area contributed by atoms with Crippen molar-refractivity contribution in [2.45, 2.75) is 77.6 Å². The van der Waals surface area contributed by atoms with Crippen molar-refractivity contribution in [1.82, 2.24) is 19.9 Å². The number of hydrogen-bond acceptors (Lipinski definition) is 8. The van der Waals surface area contributed by atoms with Crippen LogP contribution in [0.15, 0.2) is 85.5 Å². The topological polar surface area (TPSA) is 140 Å². The molecule has 0 aliphatic heterocycles. The molecular weight excluding hydrogens is 707 g/mol. The van der Waals surface area contributed by atoms with Gasteiger partial charge in [-0.25, -0.2) is 0 Å². The Morgan fingerprint density at radius 1 is 0.532 bits per heavy atom. The molecule has 8 nitrogen and oxygen atoms in total. The van der Waals surface area contributed by atoms with Crippen molar-refractivity contribution in [2.75, 3.05) is 0 Å². The summed E-state index contributed by atoms with van der Waals surface area (Å²) in [6.45, 7) is 17.7. The Kier molecular flexibility index (Phi) is 20.1. The maximum Gasteiger partial charge on any atom is 0.283 e. The fourth-order valence-electron chi connectivity index (χ4n) is 5.24. The Bertz CT molecular complexity index is 1390. The SMILES string of the molecule is CC(C)[Si](Cl)(c1ccc(-c2ccccn2)nc1)C(C)C.CC(C)[Si](Cl)(c1ccc(-c2ccccn2)nc1)C(C)C.N#CO.N#CO.[Fe]. The summed E-state index contributed by atoms with van der Waals surface area (Å²) >= 11 is 14.0. The number of aliphatic hydroxyl groups is 2. The Labute approximate surface area is 301 Å². The van der Waals surface area contributed by atoms with Crippen molar-refractivity contribution in [2.24, 2.45) is 0 Å². The third-order valence-electron chi connectivity index (χ3n) is 7.63. The zero-order valence-electron chi connectivity index (χ0n) is 28.1. The van der Waals surface area contributed by atoms with Gasteiger partial charge in [0.25, 0.3) is 12.5 Å². The first-order chi connectivity index (χ1) is 21.7. The normalized spacial score (nSPS) is 10.6. The summed E-state index contributed by atoms with van der Waals surface area (Å²) in [7, 11) is -4.03. The summed E-state index contributed by atoms with van der Waals surface area (Å²) in [6, 6.07) is 20.0. The number of halogens is 2. The number of rotatable bonds is 8. The van der Waals surface area contributed by atoms with Crippen molar-refractivity contribution < 1.29 is 27.3 Å². The van der Waals surface area contributed by atoms with Crippen LogP contribution in [-0.2, 0) is 17.1 Å². The van der Waals surface area contributed by atoms with Gasteiger partial charge < -0.3 is 10.2 Å². The van der Waals surface area contributed by atoms with E-state index in [2.05, 4.69) is 87.5 Å². The first-order valence-corrected chi connectivity index (χ1v) is 21.3. The van der Waals surface area contributed by atoms with E-state index in [4.69, 9.17) is 42.9 Å². The number of aromatic nitrogens is 4. The van der Waals surface area contributed by atoms with Crippen LogP contribution in [0.1, 0.15) is 55.4 Å². The van der Waals surface area contributed by atoms with Crippen LogP contribution in [0.2, 0.25) is 22.2 Å². The van der Waals surface area contributed by atoms with Crippen LogP contribution in [0, 0.1) is 23.0 Å². The van der Waals surface area contributed by atoms with Gasteiger partial charge in [-0.05, 0) is 68.9 Å². The first kappa shape index (κ1) is 43.7. The third kappa shape index (κ3) is 12.0. The van der Waals surface area contributed by atoms with Gasteiger partial charge in [-0.2, -0.15) is 32.7 Å². The summed E-state index contributed by atoms with van der Waals surface area (Å²) in [6.07, 6.45) is 8.97. The number of hydrogen-bond donors (Lipinski definition) is 2. The molecule has 0 saturated carbocycles. The molecule has 0 aliphatic carbocycles. The average Bonchev–Trinajstić information content (AvgIpc) is 3.05. The van der Waals surface area contributed by atoms with Crippen molar-refractivity contribution in [1.29, 1.82) is 10.5 Å². The minimum Gasteiger partial charge on any atom is -0.443 e. The Balaban J connectivity index is 0.000000757. The molecule has 252 valence electrons. The van der Waals surface area contributed by atoms with Crippen LogP contribution in [0.25, 0.3) is 22.8 Å². The van der Waals surface area contributed by atoms with E-state index in [9.17, 15) is 0 Å². The van der Waals surface area contributed by atoms with Gasteiger partial charge in [0.05, 0.1) is 22.8 Å². The van der Waals surface area contributed by atoms with E-state index in [0.29, 0.717) is 22.2 Å². The Hall–Kier alpha value is -3.29. The minimum atomic E-state index is -2.01.